The van der Waals surface area contributed by atoms with Crippen LogP contribution in [0.15, 0.2) is 36.4 Å². The molecule has 3 rings (SSSR count). The standard InChI is InChI=1S/C16H13FN2O2/c17-14-5-4-13(8-12(14)9-18)19-10-11-2-1-3-15-16(11)21-7-6-20-15/h1-5,8,19H,6-7,10H2. The number of nitriles is 1. The SMILES string of the molecule is N#Cc1cc(NCc2cccc3c2OCCO3)ccc1F. The predicted octanol–water partition coefficient (Wildman–Crippen LogP) is 3.08. The second-order valence-electron chi connectivity index (χ2n) is 4.60. The zero-order chi connectivity index (χ0) is 14.7. The van der Waals surface area contributed by atoms with Crippen molar-refractivity contribution in [3.8, 4) is 17.6 Å². The van der Waals surface area contributed by atoms with Crippen molar-refractivity contribution in [1.29, 1.82) is 5.26 Å². The minimum atomic E-state index is -0.517. The number of anilines is 1. The molecule has 0 spiro atoms. The van der Waals surface area contributed by atoms with Gasteiger partial charge in [0.1, 0.15) is 25.1 Å². The van der Waals surface area contributed by atoms with Crippen LogP contribution in [0.1, 0.15) is 11.1 Å². The first-order valence-corrected chi connectivity index (χ1v) is 6.59. The van der Waals surface area contributed by atoms with E-state index in [0.717, 1.165) is 17.1 Å². The van der Waals surface area contributed by atoms with Crippen LogP contribution in [-0.4, -0.2) is 13.2 Å². The Morgan fingerprint density at radius 1 is 1.19 bits per heavy atom. The molecule has 0 saturated heterocycles. The first kappa shape index (κ1) is 13.3. The van der Waals surface area contributed by atoms with Gasteiger partial charge < -0.3 is 14.8 Å². The van der Waals surface area contributed by atoms with E-state index >= 15 is 0 Å². The molecule has 0 amide bonds. The fourth-order valence-corrected chi connectivity index (χ4v) is 2.19. The van der Waals surface area contributed by atoms with E-state index in [9.17, 15) is 4.39 Å². The molecule has 0 atom stereocenters. The van der Waals surface area contributed by atoms with Gasteiger partial charge in [0, 0.05) is 17.8 Å². The third-order valence-electron chi connectivity index (χ3n) is 3.22. The Labute approximate surface area is 121 Å². The fraction of sp³-hybridized carbons (Fsp3) is 0.188. The van der Waals surface area contributed by atoms with Crippen molar-refractivity contribution in [1.82, 2.24) is 0 Å². The van der Waals surface area contributed by atoms with Crippen LogP contribution in [0.3, 0.4) is 0 Å². The number of ether oxygens (including phenoxy) is 2. The highest BCUT2D eigenvalue weighted by atomic mass is 19.1. The molecule has 2 aromatic carbocycles. The molecule has 0 radical (unpaired) electrons. The first-order valence-electron chi connectivity index (χ1n) is 6.59. The lowest BCUT2D eigenvalue weighted by Crippen LogP contribution is -2.17. The molecule has 1 N–H and O–H groups in total. The number of benzene rings is 2. The molecule has 0 bridgehead atoms. The van der Waals surface area contributed by atoms with E-state index in [1.54, 1.807) is 6.07 Å². The number of halogens is 1. The van der Waals surface area contributed by atoms with E-state index in [2.05, 4.69) is 5.32 Å². The van der Waals surface area contributed by atoms with Crippen molar-refractivity contribution in [3.63, 3.8) is 0 Å². The summed E-state index contributed by atoms with van der Waals surface area (Å²) in [6.45, 7) is 1.58. The second kappa shape index (κ2) is 5.71. The van der Waals surface area contributed by atoms with Gasteiger partial charge in [-0.1, -0.05) is 12.1 Å². The van der Waals surface area contributed by atoms with Crippen molar-refractivity contribution in [2.24, 2.45) is 0 Å². The monoisotopic (exact) mass is 284 g/mol. The summed E-state index contributed by atoms with van der Waals surface area (Å²) in [6.07, 6.45) is 0. The lowest BCUT2D eigenvalue weighted by Gasteiger charge is -2.21. The maximum Gasteiger partial charge on any atom is 0.166 e. The Morgan fingerprint density at radius 3 is 2.90 bits per heavy atom. The van der Waals surface area contributed by atoms with Crippen molar-refractivity contribution >= 4 is 5.69 Å². The number of rotatable bonds is 3. The topological polar surface area (TPSA) is 54.3 Å². The molecule has 1 heterocycles. The van der Waals surface area contributed by atoms with Gasteiger partial charge in [-0.25, -0.2) is 4.39 Å². The molecular formula is C16H13FN2O2. The van der Waals surface area contributed by atoms with Gasteiger partial charge in [-0.05, 0) is 24.3 Å². The zero-order valence-electron chi connectivity index (χ0n) is 11.2. The van der Waals surface area contributed by atoms with Gasteiger partial charge in [0.25, 0.3) is 0 Å². The van der Waals surface area contributed by atoms with Crippen LogP contribution >= 0.6 is 0 Å². The summed E-state index contributed by atoms with van der Waals surface area (Å²) in [5, 5.41) is 12.0. The summed E-state index contributed by atoms with van der Waals surface area (Å²) >= 11 is 0. The van der Waals surface area contributed by atoms with Gasteiger partial charge in [-0.2, -0.15) is 5.26 Å². The lowest BCUT2D eigenvalue weighted by atomic mass is 10.1. The van der Waals surface area contributed by atoms with Crippen LogP contribution in [0.25, 0.3) is 0 Å². The van der Waals surface area contributed by atoms with Gasteiger partial charge in [0.15, 0.2) is 11.5 Å². The van der Waals surface area contributed by atoms with Crippen molar-refractivity contribution in [2.75, 3.05) is 18.5 Å². The van der Waals surface area contributed by atoms with Crippen LogP contribution in [0.4, 0.5) is 10.1 Å². The molecule has 0 unspecified atom stereocenters. The van der Waals surface area contributed by atoms with Gasteiger partial charge in [0.05, 0.1) is 5.56 Å². The highest BCUT2D eigenvalue weighted by Crippen LogP contribution is 2.33. The molecular weight excluding hydrogens is 271 g/mol. The van der Waals surface area contributed by atoms with E-state index in [4.69, 9.17) is 14.7 Å². The zero-order valence-corrected chi connectivity index (χ0v) is 11.2. The summed E-state index contributed by atoms with van der Waals surface area (Å²) in [4.78, 5) is 0. The summed E-state index contributed by atoms with van der Waals surface area (Å²) in [7, 11) is 0. The number of nitrogens with zero attached hydrogens (tertiary/aromatic N) is 1. The van der Waals surface area contributed by atoms with Crippen LogP contribution in [0.5, 0.6) is 11.5 Å². The number of nitrogens with one attached hydrogen (secondary N) is 1. The van der Waals surface area contributed by atoms with Gasteiger partial charge in [-0.3, -0.25) is 0 Å². The Hall–Kier alpha value is -2.74. The fourth-order valence-electron chi connectivity index (χ4n) is 2.19. The molecule has 5 heteroatoms. The number of para-hydroxylation sites is 1. The Balaban J connectivity index is 1.78. The predicted molar refractivity (Wildman–Crippen MR) is 75.9 cm³/mol. The average Bonchev–Trinajstić information content (AvgIpc) is 2.54. The Morgan fingerprint density at radius 2 is 2.05 bits per heavy atom. The van der Waals surface area contributed by atoms with Crippen molar-refractivity contribution in [2.45, 2.75) is 6.54 Å². The van der Waals surface area contributed by atoms with Crippen LogP contribution in [-0.2, 0) is 6.54 Å². The van der Waals surface area contributed by atoms with E-state index in [1.165, 1.54) is 12.1 Å². The molecule has 21 heavy (non-hydrogen) atoms. The first-order chi connectivity index (χ1) is 10.3. The number of hydrogen-bond donors (Lipinski definition) is 1. The molecule has 0 fully saturated rings. The third-order valence-corrected chi connectivity index (χ3v) is 3.22. The molecule has 0 aliphatic carbocycles. The highest BCUT2D eigenvalue weighted by molar-refractivity contribution is 5.53. The smallest absolute Gasteiger partial charge is 0.166 e. The largest absolute Gasteiger partial charge is 0.486 e. The van der Waals surface area contributed by atoms with Gasteiger partial charge in [-0.15, -0.1) is 0 Å². The molecule has 1 aliphatic heterocycles. The normalized spacial score (nSPS) is 12.6. The van der Waals surface area contributed by atoms with Crippen LogP contribution in [0, 0.1) is 17.1 Å². The highest BCUT2D eigenvalue weighted by Gasteiger charge is 2.15. The minimum Gasteiger partial charge on any atom is -0.486 e. The lowest BCUT2D eigenvalue weighted by molar-refractivity contribution is 0.170. The summed E-state index contributed by atoms with van der Waals surface area (Å²) in [6, 6.07) is 11.9. The van der Waals surface area contributed by atoms with Crippen molar-refractivity contribution in [3.05, 3.63) is 53.3 Å². The molecule has 0 saturated carbocycles. The molecule has 4 nitrogen and oxygen atoms in total. The Kier molecular flexibility index (Phi) is 3.61. The van der Waals surface area contributed by atoms with E-state index < -0.39 is 5.82 Å². The maximum atomic E-state index is 13.3. The van der Waals surface area contributed by atoms with Crippen LogP contribution in [0.2, 0.25) is 0 Å². The van der Waals surface area contributed by atoms with Crippen LogP contribution < -0.4 is 14.8 Å². The summed E-state index contributed by atoms with van der Waals surface area (Å²) in [5.74, 6) is 0.952. The quantitative estimate of drug-likeness (QED) is 0.941. The molecule has 1 aliphatic rings. The van der Waals surface area contributed by atoms with E-state index in [1.807, 2.05) is 24.3 Å². The van der Waals surface area contributed by atoms with Crippen molar-refractivity contribution < 1.29 is 13.9 Å². The number of hydrogen-bond acceptors (Lipinski definition) is 4. The van der Waals surface area contributed by atoms with E-state index in [-0.39, 0.29) is 5.56 Å². The maximum absolute atomic E-state index is 13.3. The average molecular weight is 284 g/mol. The molecule has 0 aromatic heterocycles. The molecule has 2 aromatic rings. The molecule has 106 valence electrons. The number of fused-ring (bicyclic) bond motifs is 1. The summed E-state index contributed by atoms with van der Waals surface area (Å²) in [5.41, 5.74) is 1.66. The van der Waals surface area contributed by atoms with Gasteiger partial charge in [0.2, 0.25) is 0 Å². The Bertz CT molecular complexity index is 710. The minimum absolute atomic E-state index is 0.0228. The van der Waals surface area contributed by atoms with Gasteiger partial charge >= 0.3 is 0 Å². The van der Waals surface area contributed by atoms with E-state index in [0.29, 0.717) is 25.4 Å². The third kappa shape index (κ3) is 2.75. The second-order valence-corrected chi connectivity index (χ2v) is 4.60. The summed E-state index contributed by atoms with van der Waals surface area (Å²) < 4.78 is 24.4.